The number of benzene rings is 4. The van der Waals surface area contributed by atoms with Gasteiger partial charge in [0, 0.05) is 53.7 Å². The van der Waals surface area contributed by atoms with Crippen molar-refractivity contribution in [1.82, 2.24) is 31.2 Å². The number of pyridine rings is 2. The lowest BCUT2D eigenvalue weighted by Crippen LogP contribution is -2.47. The Labute approximate surface area is 470 Å². The number of carbonyl (C=O) groups excluding carboxylic acids is 4. The van der Waals surface area contributed by atoms with Gasteiger partial charge in [-0.15, -0.1) is 0 Å². The van der Waals surface area contributed by atoms with Crippen molar-refractivity contribution in [1.29, 1.82) is 0 Å². The van der Waals surface area contributed by atoms with Gasteiger partial charge < -0.3 is 39.6 Å². The summed E-state index contributed by atoms with van der Waals surface area (Å²) in [6, 6.07) is 29.8. The molecule has 3 aliphatic heterocycles. The van der Waals surface area contributed by atoms with Crippen molar-refractivity contribution >= 4 is 48.1 Å². The summed E-state index contributed by atoms with van der Waals surface area (Å²) in [5.41, 5.74) is 1.49. The molecule has 0 aliphatic carbocycles. The molecule has 5 heterocycles. The van der Waals surface area contributed by atoms with Gasteiger partial charge in [0.1, 0.15) is 5.15 Å². The maximum absolute atomic E-state index is 14.8. The van der Waals surface area contributed by atoms with E-state index < -0.39 is 69.4 Å². The third-order valence-corrected chi connectivity index (χ3v) is 15.1. The topological polar surface area (TPSA) is 220 Å². The maximum Gasteiger partial charge on any atom is 0.494 e. The lowest BCUT2D eigenvalue weighted by molar-refractivity contribution is -0.129. The van der Waals surface area contributed by atoms with Gasteiger partial charge in [0.25, 0.3) is 0 Å². The first-order valence-electron chi connectivity index (χ1n) is 25.9. The van der Waals surface area contributed by atoms with Gasteiger partial charge >= 0.3 is 19.2 Å². The molecule has 2 atom stereocenters. The van der Waals surface area contributed by atoms with E-state index in [-0.39, 0.29) is 46.7 Å². The molecule has 6 aromatic rings. The smallest absolute Gasteiger partial charge is 0.435 e. The van der Waals surface area contributed by atoms with Gasteiger partial charge in [0.05, 0.1) is 38.9 Å². The van der Waals surface area contributed by atoms with Crippen LogP contribution in [0.25, 0.3) is 11.3 Å². The minimum atomic E-state index is -1.15. The monoisotopic (exact) mass is 1120 g/mol. The summed E-state index contributed by atoms with van der Waals surface area (Å²) >= 11 is 5.94. The number of urea groups is 2. The standard InChI is InChI=1S/C27H28FN3O4.C18H17ClFN3O3.C15H23BO3/c1-26(2,24(32)31-25(33)29-5)21-17-7-6-8-19(28)22(17)35-23-18(21)13-14-20(30-23)15-9-11-16(12-10-15)27(3,4)34;1-18(2,16(24)23-17(25)21-3)13-9-5-4-6-11(20)14(9)26-15-10(13)7-8-12(19)22-15;1-13(2,17)11-7-9-12(10-8-11)16-18-14(3,4)15(5,6)19-16/h6-14,21,34H,1-5H3,(H2,29,31,32,33);4-8,13H,1-3H3,(H2,21,23,24,25);7-10,17H,1-6H3/t21-;13-;/m00./s1. The zero-order valence-electron chi connectivity index (χ0n) is 47.3. The summed E-state index contributed by atoms with van der Waals surface area (Å²) < 4.78 is 52.7. The van der Waals surface area contributed by atoms with E-state index in [2.05, 4.69) is 31.2 Å². The van der Waals surface area contributed by atoms with Gasteiger partial charge in [-0.1, -0.05) is 118 Å². The highest BCUT2D eigenvalue weighted by molar-refractivity contribution is 6.62. The molecule has 0 unspecified atom stereocenters. The quantitative estimate of drug-likeness (QED) is 0.0619. The molecule has 9 rings (SSSR count). The average Bonchev–Trinajstić information content (AvgIpc) is 3.79. The number of imide groups is 2. The van der Waals surface area contributed by atoms with Crippen LogP contribution in [0.1, 0.15) is 128 Å². The van der Waals surface area contributed by atoms with Gasteiger partial charge in [-0.3, -0.25) is 20.2 Å². The molecule has 4 aromatic carbocycles. The molecule has 422 valence electrons. The summed E-state index contributed by atoms with van der Waals surface area (Å²) in [6.07, 6.45) is 0. The molecular formula is C60H68BClF2N6O10. The fourth-order valence-electron chi connectivity index (χ4n) is 9.44. The van der Waals surface area contributed by atoms with Crippen molar-refractivity contribution in [2.75, 3.05) is 14.1 Å². The number of nitrogens with one attached hydrogen (secondary N) is 4. The van der Waals surface area contributed by atoms with Gasteiger partial charge in [-0.05, 0) is 102 Å². The largest absolute Gasteiger partial charge is 0.494 e. The van der Waals surface area contributed by atoms with Crippen molar-refractivity contribution in [2.24, 2.45) is 10.8 Å². The highest BCUT2D eigenvalue weighted by atomic mass is 35.5. The van der Waals surface area contributed by atoms with Gasteiger partial charge in [-0.2, -0.15) is 0 Å². The van der Waals surface area contributed by atoms with Crippen LogP contribution in [0.15, 0.2) is 109 Å². The normalized spacial score (nSPS) is 16.7. The molecule has 0 radical (unpaired) electrons. The van der Waals surface area contributed by atoms with Crippen molar-refractivity contribution in [3.8, 4) is 34.5 Å². The van der Waals surface area contributed by atoms with E-state index >= 15 is 0 Å². The highest BCUT2D eigenvalue weighted by Crippen LogP contribution is 2.54. The van der Waals surface area contributed by atoms with Crippen LogP contribution in [0.4, 0.5) is 18.4 Å². The van der Waals surface area contributed by atoms with Gasteiger partial charge in [-0.25, -0.2) is 28.3 Å². The second kappa shape index (κ2) is 22.7. The fourth-order valence-corrected chi connectivity index (χ4v) is 9.58. The number of nitrogens with zero attached hydrogens (tertiary/aromatic N) is 2. The number of aliphatic hydroxyl groups is 2. The van der Waals surface area contributed by atoms with Crippen molar-refractivity contribution in [3.63, 3.8) is 0 Å². The Morgan fingerprint density at radius 1 is 0.562 bits per heavy atom. The average molecular weight is 1120 g/mol. The number of carbonyl (C=O) groups is 4. The zero-order chi connectivity index (χ0) is 59.1. The van der Waals surface area contributed by atoms with Crippen LogP contribution in [-0.4, -0.2) is 76.5 Å². The summed E-state index contributed by atoms with van der Waals surface area (Å²) in [4.78, 5) is 58.0. The summed E-state index contributed by atoms with van der Waals surface area (Å²) in [5, 5.41) is 29.7. The molecule has 0 saturated carbocycles. The number of amides is 6. The first-order chi connectivity index (χ1) is 37.2. The minimum absolute atomic E-state index is 0.000541. The summed E-state index contributed by atoms with van der Waals surface area (Å²) in [5.74, 6) is -3.04. The second-order valence-electron chi connectivity index (χ2n) is 22.9. The maximum atomic E-state index is 14.8. The number of hydrogen-bond donors (Lipinski definition) is 6. The number of aromatic nitrogens is 2. The van der Waals surface area contributed by atoms with Crippen LogP contribution < -0.4 is 36.2 Å². The van der Waals surface area contributed by atoms with Gasteiger partial charge in [0.2, 0.25) is 23.6 Å². The molecule has 80 heavy (non-hydrogen) atoms. The molecule has 16 nitrogen and oxygen atoms in total. The molecule has 20 heteroatoms. The Balaban J connectivity index is 0.000000182. The molecule has 6 amide bonds. The van der Waals surface area contributed by atoms with Crippen LogP contribution in [0.3, 0.4) is 0 Å². The first-order valence-corrected chi connectivity index (χ1v) is 26.3. The zero-order valence-corrected chi connectivity index (χ0v) is 48.1. The molecule has 1 fully saturated rings. The third-order valence-electron chi connectivity index (χ3n) is 14.9. The number of fused-ring (bicyclic) bond motifs is 4. The molecule has 1 saturated heterocycles. The Morgan fingerprint density at radius 3 is 1.38 bits per heavy atom. The number of hydrogen-bond acceptors (Lipinski definition) is 12. The predicted molar refractivity (Wildman–Crippen MR) is 301 cm³/mol. The number of rotatable bonds is 8. The van der Waals surface area contributed by atoms with Crippen molar-refractivity contribution in [2.45, 2.75) is 117 Å². The molecule has 3 aliphatic rings. The van der Waals surface area contributed by atoms with E-state index in [9.17, 15) is 38.2 Å². The molecule has 2 aromatic heterocycles. The van der Waals surface area contributed by atoms with Crippen molar-refractivity contribution < 1.29 is 57.0 Å². The first kappa shape index (κ1) is 60.4. The minimum Gasteiger partial charge on any atom is -0.435 e. The van der Waals surface area contributed by atoms with Crippen molar-refractivity contribution in [3.05, 3.63) is 159 Å². The summed E-state index contributed by atoms with van der Waals surface area (Å²) in [7, 11) is 2.49. The van der Waals surface area contributed by atoms with E-state index in [0.29, 0.717) is 27.9 Å². The number of ether oxygens (including phenoxy) is 2. The Hall–Kier alpha value is -7.29. The number of para-hydroxylation sites is 2. The van der Waals surface area contributed by atoms with E-state index in [1.165, 1.54) is 26.2 Å². The molecule has 0 spiro atoms. The fraction of sp³-hybridized carbons (Fsp3) is 0.367. The highest BCUT2D eigenvalue weighted by Gasteiger charge is 2.52. The molecular weight excluding hydrogens is 1050 g/mol. The van der Waals surface area contributed by atoms with E-state index in [4.69, 9.17) is 30.4 Å². The Kier molecular flexibility index (Phi) is 17.1. The van der Waals surface area contributed by atoms with Crippen LogP contribution in [0.5, 0.6) is 23.3 Å². The van der Waals surface area contributed by atoms with Crippen LogP contribution >= 0.6 is 11.6 Å². The predicted octanol–water partition coefficient (Wildman–Crippen LogP) is 10.6. The van der Waals surface area contributed by atoms with E-state index in [1.54, 1.807) is 91.8 Å². The summed E-state index contributed by atoms with van der Waals surface area (Å²) in [6.45, 7) is 21.9. The van der Waals surface area contributed by atoms with Crippen LogP contribution in [0, 0.1) is 22.5 Å². The van der Waals surface area contributed by atoms with Crippen LogP contribution in [-0.2, 0) is 30.1 Å². The van der Waals surface area contributed by atoms with Crippen LogP contribution in [0.2, 0.25) is 5.15 Å². The van der Waals surface area contributed by atoms with Gasteiger partial charge in [0.15, 0.2) is 23.1 Å². The second-order valence-corrected chi connectivity index (χ2v) is 23.3. The molecule has 0 bridgehead atoms. The third kappa shape index (κ3) is 12.5. The lowest BCUT2D eigenvalue weighted by atomic mass is 9.69. The lowest BCUT2D eigenvalue weighted by Gasteiger charge is -2.37. The molecule has 6 N–H and O–H groups in total. The van der Waals surface area contributed by atoms with E-state index in [1.807, 2.05) is 88.4 Å². The SMILES string of the molecule is CC(C)(O)c1ccc(B2OC(C)(C)C(C)(C)O2)cc1.CNC(=O)NC(=O)C(C)(C)[C@@H]1c2ccc(-c3ccc(C(C)(C)O)cc3)nc2Oc2c(F)cccc21.CNC(=O)NC(=O)C(C)(C)[C@@H]1c2ccc(Cl)nc2Oc2c(F)cccc21. The number of halogens is 3. The Bertz CT molecular complexity index is 3310. The van der Waals surface area contributed by atoms with E-state index in [0.717, 1.165) is 22.2 Å². The Morgan fingerprint density at radius 2 is 0.963 bits per heavy atom.